The normalized spacial score (nSPS) is 17.2. The first kappa shape index (κ1) is 15.9. The lowest BCUT2D eigenvalue weighted by Crippen LogP contribution is -2.46. The van der Waals surface area contributed by atoms with Crippen LogP contribution in [-0.2, 0) is 0 Å². The lowest BCUT2D eigenvalue weighted by molar-refractivity contribution is 0.197. The number of halogens is 2. The minimum Gasteiger partial charge on any atom is -0.497 e. The van der Waals surface area contributed by atoms with Gasteiger partial charge in [0.15, 0.2) is 12.0 Å². The van der Waals surface area contributed by atoms with E-state index in [9.17, 15) is 0 Å². The highest BCUT2D eigenvalue weighted by molar-refractivity contribution is 9.24. The second-order valence-electron chi connectivity index (χ2n) is 4.67. The Morgan fingerprint density at radius 1 is 1.45 bits per heavy atom. The van der Waals surface area contributed by atoms with Crippen molar-refractivity contribution in [2.45, 2.75) is 36.2 Å². The summed E-state index contributed by atoms with van der Waals surface area (Å²) in [7, 11) is 1.67. The van der Waals surface area contributed by atoms with Crippen molar-refractivity contribution in [2.75, 3.05) is 18.7 Å². The predicted molar refractivity (Wildman–Crippen MR) is 89.1 cm³/mol. The zero-order valence-electron chi connectivity index (χ0n) is 11.7. The van der Waals surface area contributed by atoms with Gasteiger partial charge in [0, 0.05) is 19.0 Å². The van der Waals surface area contributed by atoms with E-state index < -0.39 is 0 Å². The maximum atomic E-state index is 6.05. The number of unbranched alkanes of at least 4 members (excludes halogenated alkanes) is 1. The van der Waals surface area contributed by atoms with Gasteiger partial charge in [-0.05, 0) is 18.6 Å². The van der Waals surface area contributed by atoms with E-state index in [1.54, 1.807) is 7.11 Å². The third-order valence-electron chi connectivity index (χ3n) is 3.20. The Labute approximate surface area is 137 Å². The number of hydrogen-bond acceptors (Lipinski definition) is 4. The maximum absolute atomic E-state index is 6.05. The van der Waals surface area contributed by atoms with Crippen LogP contribution in [0, 0.1) is 0 Å². The molecular formula is C14H20Br2N2O2. The number of nitrogens with one attached hydrogen (secondary N) is 1. The predicted octanol–water partition coefficient (Wildman–Crippen LogP) is 4.03. The van der Waals surface area contributed by atoms with E-state index in [1.165, 1.54) is 0 Å². The van der Waals surface area contributed by atoms with E-state index in [0.717, 1.165) is 43.0 Å². The molecule has 0 radical (unpaired) electrons. The Morgan fingerprint density at radius 3 is 2.90 bits per heavy atom. The number of methoxy groups -OCH3 is 1. The zero-order chi connectivity index (χ0) is 14.5. The van der Waals surface area contributed by atoms with Gasteiger partial charge in [-0.1, -0.05) is 45.2 Å². The fourth-order valence-electron chi connectivity index (χ4n) is 2.19. The third kappa shape index (κ3) is 3.80. The van der Waals surface area contributed by atoms with Crippen molar-refractivity contribution < 1.29 is 9.47 Å². The van der Waals surface area contributed by atoms with E-state index in [-0.39, 0.29) is 9.96 Å². The van der Waals surface area contributed by atoms with Crippen LogP contribution in [0.5, 0.6) is 11.5 Å². The largest absolute Gasteiger partial charge is 0.497 e. The van der Waals surface area contributed by atoms with Gasteiger partial charge in [0.05, 0.1) is 16.5 Å². The number of benzene rings is 1. The maximum Gasteiger partial charge on any atom is 0.185 e. The van der Waals surface area contributed by atoms with Crippen molar-refractivity contribution >= 4 is 37.5 Å². The molecule has 1 aromatic carbocycles. The third-order valence-corrected chi connectivity index (χ3v) is 3.85. The summed E-state index contributed by atoms with van der Waals surface area (Å²) in [5.41, 5.74) is 4.47. The van der Waals surface area contributed by atoms with Gasteiger partial charge in [-0.15, -0.1) is 0 Å². The van der Waals surface area contributed by atoms with E-state index >= 15 is 0 Å². The second kappa shape index (κ2) is 7.52. The van der Waals surface area contributed by atoms with E-state index in [4.69, 9.17) is 9.47 Å². The van der Waals surface area contributed by atoms with Gasteiger partial charge in [-0.3, -0.25) is 5.01 Å². The van der Waals surface area contributed by atoms with Crippen LogP contribution in [0.1, 0.15) is 26.2 Å². The van der Waals surface area contributed by atoms with Crippen LogP contribution in [0.2, 0.25) is 0 Å². The topological polar surface area (TPSA) is 33.7 Å². The van der Waals surface area contributed by atoms with Crippen molar-refractivity contribution in [3.05, 3.63) is 18.2 Å². The summed E-state index contributed by atoms with van der Waals surface area (Å²) in [6.45, 7) is 2.97. The Morgan fingerprint density at radius 2 is 2.25 bits per heavy atom. The first-order valence-electron chi connectivity index (χ1n) is 6.81. The Bertz CT molecular complexity index is 443. The molecule has 1 atom stereocenters. The van der Waals surface area contributed by atoms with Gasteiger partial charge < -0.3 is 9.47 Å². The van der Waals surface area contributed by atoms with Crippen LogP contribution in [0.3, 0.4) is 0 Å². The summed E-state index contributed by atoms with van der Waals surface area (Å²) in [6, 6.07) is 5.93. The summed E-state index contributed by atoms with van der Waals surface area (Å²) in [5.74, 6) is 1.69. The Kier molecular flexibility index (Phi) is 5.99. The highest BCUT2D eigenvalue weighted by atomic mass is 79.9. The van der Waals surface area contributed by atoms with Gasteiger partial charge >= 0.3 is 0 Å². The molecule has 0 saturated carbocycles. The molecule has 0 aliphatic carbocycles. The number of hydrogen-bond donors (Lipinski definition) is 1. The number of nitrogens with zero attached hydrogens (tertiary/aromatic N) is 1. The summed E-state index contributed by atoms with van der Waals surface area (Å²) < 4.78 is 11.5. The summed E-state index contributed by atoms with van der Waals surface area (Å²) in [5, 5.41) is 2.11. The highest BCUT2D eigenvalue weighted by Gasteiger charge is 2.31. The summed E-state index contributed by atoms with van der Waals surface area (Å²) >= 11 is 6.97. The molecular weight excluding hydrogens is 388 g/mol. The number of ether oxygens (including phenoxy) is 2. The molecule has 4 nitrogen and oxygen atoms in total. The first-order valence-corrected chi connectivity index (χ1v) is 8.64. The van der Waals surface area contributed by atoms with E-state index in [0.29, 0.717) is 0 Å². The van der Waals surface area contributed by atoms with Crippen LogP contribution in [0.4, 0.5) is 5.69 Å². The summed E-state index contributed by atoms with van der Waals surface area (Å²) in [4.78, 5) is 0. The number of anilines is 1. The van der Waals surface area contributed by atoms with Crippen molar-refractivity contribution in [1.82, 2.24) is 5.43 Å². The van der Waals surface area contributed by atoms with Crippen LogP contribution in [-0.4, -0.2) is 23.6 Å². The monoisotopic (exact) mass is 406 g/mol. The molecule has 0 amide bonds. The molecule has 1 N–H and O–H groups in total. The average molecular weight is 408 g/mol. The molecule has 1 unspecified atom stereocenters. The molecule has 0 spiro atoms. The van der Waals surface area contributed by atoms with Crippen molar-refractivity contribution in [3.63, 3.8) is 0 Å². The molecule has 0 fully saturated rings. The molecule has 1 aromatic rings. The fourth-order valence-corrected chi connectivity index (χ4v) is 2.48. The number of hydrazine groups is 1. The minimum absolute atomic E-state index is 0.0378. The van der Waals surface area contributed by atoms with E-state index in [1.807, 2.05) is 18.2 Å². The molecule has 2 rings (SSSR count). The Hall–Kier alpha value is -0.460. The highest BCUT2D eigenvalue weighted by Crippen LogP contribution is 2.39. The smallest absolute Gasteiger partial charge is 0.185 e. The molecule has 20 heavy (non-hydrogen) atoms. The molecule has 0 saturated heterocycles. The van der Waals surface area contributed by atoms with Crippen molar-refractivity contribution in [2.24, 2.45) is 0 Å². The van der Waals surface area contributed by atoms with E-state index in [2.05, 4.69) is 49.2 Å². The number of rotatable bonds is 7. The lowest BCUT2D eigenvalue weighted by Gasteiger charge is -2.26. The van der Waals surface area contributed by atoms with Gasteiger partial charge in [0.2, 0.25) is 0 Å². The molecule has 0 bridgehead atoms. The van der Waals surface area contributed by atoms with Gasteiger partial charge in [-0.25, -0.2) is 5.43 Å². The molecule has 112 valence electrons. The van der Waals surface area contributed by atoms with Gasteiger partial charge in [-0.2, -0.15) is 0 Å². The standard InChI is InChI=1S/C14H20Br2N2O2/c1-3-4-5-14-18(17-9-13(15)16)11-7-6-10(19-2)8-12(11)20-14/h6-8,13-14,17H,3-5,9H2,1-2H3. The average Bonchev–Trinajstić information content (AvgIpc) is 2.79. The first-order chi connectivity index (χ1) is 9.65. The Balaban J connectivity index is 2.15. The van der Waals surface area contributed by atoms with Crippen LogP contribution in [0.15, 0.2) is 18.2 Å². The molecule has 0 aromatic heterocycles. The summed E-state index contributed by atoms with van der Waals surface area (Å²) in [6.07, 6.45) is 3.33. The molecule has 1 aliphatic rings. The van der Waals surface area contributed by atoms with Gasteiger partial charge in [0.25, 0.3) is 0 Å². The number of fused-ring (bicyclic) bond motifs is 1. The number of alkyl halides is 2. The second-order valence-corrected chi connectivity index (χ2v) is 8.11. The van der Waals surface area contributed by atoms with Crippen LogP contribution < -0.4 is 19.9 Å². The zero-order valence-corrected chi connectivity index (χ0v) is 14.9. The molecule has 1 aliphatic heterocycles. The van der Waals surface area contributed by atoms with Gasteiger partial charge in [0.1, 0.15) is 5.75 Å². The molecule has 1 heterocycles. The molecule has 6 heteroatoms. The minimum atomic E-state index is 0.0378. The van der Waals surface area contributed by atoms with Crippen molar-refractivity contribution in [3.8, 4) is 11.5 Å². The fraction of sp³-hybridized carbons (Fsp3) is 0.571. The lowest BCUT2D eigenvalue weighted by atomic mass is 10.2. The SMILES string of the molecule is CCCCC1Oc2cc(OC)ccc2N1NCC(Br)Br. The van der Waals surface area contributed by atoms with Crippen LogP contribution in [0.25, 0.3) is 0 Å². The van der Waals surface area contributed by atoms with Crippen LogP contribution >= 0.6 is 31.9 Å². The quantitative estimate of drug-likeness (QED) is 0.691. The van der Waals surface area contributed by atoms with Crippen molar-refractivity contribution in [1.29, 1.82) is 0 Å².